The average molecular weight is 224 g/mol. The molecule has 2 nitrogen and oxygen atoms in total. The highest BCUT2D eigenvalue weighted by molar-refractivity contribution is 5.95. The monoisotopic (exact) mass is 224 g/mol. The first-order chi connectivity index (χ1) is 8.24. The number of rotatable bonds is 1. The summed E-state index contributed by atoms with van der Waals surface area (Å²) in [7, 11) is 0. The van der Waals surface area contributed by atoms with Crippen LogP contribution in [-0.2, 0) is 9.53 Å². The lowest BCUT2D eigenvalue weighted by molar-refractivity contribution is -0.133. The zero-order valence-electron chi connectivity index (χ0n) is 9.57. The molecule has 3 rings (SSSR count). The minimum Gasteiger partial charge on any atom is -0.423 e. The van der Waals surface area contributed by atoms with Gasteiger partial charge < -0.3 is 4.74 Å². The molecule has 0 saturated heterocycles. The molecule has 1 aromatic carbocycles. The lowest BCUT2D eigenvalue weighted by Gasteiger charge is -1.96. The lowest BCUT2D eigenvalue weighted by atomic mass is 10.1. The Morgan fingerprint density at radius 3 is 2.71 bits per heavy atom. The van der Waals surface area contributed by atoms with E-state index in [0.29, 0.717) is 0 Å². The Bertz CT molecular complexity index is 574. The summed E-state index contributed by atoms with van der Waals surface area (Å²) in [6.07, 6.45) is 4.87. The van der Waals surface area contributed by atoms with Gasteiger partial charge in [0.25, 0.3) is 0 Å². The van der Waals surface area contributed by atoms with Crippen molar-refractivity contribution in [3.8, 4) is 0 Å². The Morgan fingerprint density at radius 2 is 2.00 bits per heavy atom. The van der Waals surface area contributed by atoms with Crippen molar-refractivity contribution in [1.29, 1.82) is 0 Å². The Morgan fingerprint density at radius 1 is 1.24 bits per heavy atom. The number of allylic oxidation sites excluding steroid dienone is 3. The molecule has 0 fully saturated rings. The summed E-state index contributed by atoms with van der Waals surface area (Å²) >= 11 is 0. The van der Waals surface area contributed by atoms with Crippen molar-refractivity contribution in [3.63, 3.8) is 0 Å². The van der Waals surface area contributed by atoms with Crippen LogP contribution >= 0.6 is 0 Å². The molecular weight excluding hydrogens is 212 g/mol. The Balaban J connectivity index is 1.93. The smallest absolute Gasteiger partial charge is 0.339 e. The number of carbonyl (C=O) groups is 1. The highest BCUT2D eigenvalue weighted by atomic mass is 16.5. The standard InChI is InChI=1S/C15H12O2/c1-10-13-8-12(9-14(13)17-15(10)16)7-11-5-3-2-4-6-11/h2-7,9H,8H2,1H3/b12-7+. The summed E-state index contributed by atoms with van der Waals surface area (Å²) in [5, 5.41) is 0. The van der Waals surface area contributed by atoms with Crippen LogP contribution in [0.4, 0.5) is 0 Å². The maximum Gasteiger partial charge on any atom is 0.339 e. The van der Waals surface area contributed by atoms with Crippen LogP contribution in [0.25, 0.3) is 6.08 Å². The highest BCUT2D eigenvalue weighted by Crippen LogP contribution is 2.38. The third kappa shape index (κ3) is 1.72. The van der Waals surface area contributed by atoms with Gasteiger partial charge in [-0.25, -0.2) is 4.79 Å². The first-order valence-electron chi connectivity index (χ1n) is 5.63. The second-order valence-corrected chi connectivity index (χ2v) is 4.31. The van der Waals surface area contributed by atoms with Gasteiger partial charge in [-0.3, -0.25) is 0 Å². The molecule has 1 aromatic rings. The van der Waals surface area contributed by atoms with Crippen molar-refractivity contribution >= 4 is 12.0 Å². The second-order valence-electron chi connectivity index (χ2n) is 4.31. The van der Waals surface area contributed by atoms with E-state index in [9.17, 15) is 4.79 Å². The molecule has 0 radical (unpaired) electrons. The number of ether oxygens (including phenoxy) is 1. The van der Waals surface area contributed by atoms with Gasteiger partial charge in [-0.15, -0.1) is 0 Å². The van der Waals surface area contributed by atoms with Crippen LogP contribution in [0.3, 0.4) is 0 Å². The number of hydrogen-bond acceptors (Lipinski definition) is 2. The molecule has 0 atom stereocenters. The number of benzene rings is 1. The van der Waals surface area contributed by atoms with Crippen molar-refractivity contribution in [2.24, 2.45) is 0 Å². The summed E-state index contributed by atoms with van der Waals surface area (Å²) in [5.41, 5.74) is 4.14. The number of fused-ring (bicyclic) bond motifs is 1. The quantitative estimate of drug-likeness (QED) is 0.684. The van der Waals surface area contributed by atoms with Gasteiger partial charge in [0.2, 0.25) is 0 Å². The van der Waals surface area contributed by atoms with Crippen LogP contribution in [0.1, 0.15) is 18.9 Å². The molecular formula is C15H12O2. The van der Waals surface area contributed by atoms with E-state index >= 15 is 0 Å². The van der Waals surface area contributed by atoms with Crippen molar-refractivity contribution in [3.05, 3.63) is 64.4 Å². The number of hydrogen-bond donors (Lipinski definition) is 0. The summed E-state index contributed by atoms with van der Waals surface area (Å²) in [6, 6.07) is 10.2. The second kappa shape index (κ2) is 3.74. The predicted molar refractivity (Wildman–Crippen MR) is 65.9 cm³/mol. The molecule has 0 saturated carbocycles. The maximum atomic E-state index is 11.3. The van der Waals surface area contributed by atoms with Crippen molar-refractivity contribution in [1.82, 2.24) is 0 Å². The maximum absolute atomic E-state index is 11.3. The lowest BCUT2D eigenvalue weighted by Crippen LogP contribution is -1.95. The molecule has 84 valence electrons. The van der Waals surface area contributed by atoms with E-state index in [0.717, 1.165) is 23.3 Å². The van der Waals surface area contributed by atoms with E-state index in [2.05, 4.69) is 18.2 Å². The van der Waals surface area contributed by atoms with Gasteiger partial charge in [0.15, 0.2) is 0 Å². The van der Waals surface area contributed by atoms with E-state index < -0.39 is 0 Å². The third-order valence-electron chi connectivity index (χ3n) is 3.11. The zero-order chi connectivity index (χ0) is 11.8. The van der Waals surface area contributed by atoms with Gasteiger partial charge in [0.05, 0.1) is 0 Å². The fourth-order valence-electron chi connectivity index (χ4n) is 2.16. The van der Waals surface area contributed by atoms with Crippen molar-refractivity contribution in [2.75, 3.05) is 0 Å². The van der Waals surface area contributed by atoms with Crippen LogP contribution in [0.5, 0.6) is 0 Å². The van der Waals surface area contributed by atoms with Gasteiger partial charge in [-0.05, 0) is 24.1 Å². The van der Waals surface area contributed by atoms with Crippen LogP contribution in [-0.4, -0.2) is 5.97 Å². The number of esters is 1. The van der Waals surface area contributed by atoms with Gasteiger partial charge in [-0.2, -0.15) is 0 Å². The zero-order valence-corrected chi connectivity index (χ0v) is 9.57. The first-order valence-corrected chi connectivity index (χ1v) is 5.63. The molecule has 17 heavy (non-hydrogen) atoms. The fraction of sp³-hybridized carbons (Fsp3) is 0.133. The number of carbonyl (C=O) groups excluding carboxylic acids is 1. The SMILES string of the molecule is CC1=C2C/C(=C\c3ccccc3)C=C2OC1=O. The molecule has 0 N–H and O–H groups in total. The van der Waals surface area contributed by atoms with Crippen LogP contribution in [0.2, 0.25) is 0 Å². The van der Waals surface area contributed by atoms with E-state index in [4.69, 9.17) is 4.74 Å². The molecule has 1 aliphatic carbocycles. The Labute approximate surface area is 99.9 Å². The van der Waals surface area contributed by atoms with Gasteiger partial charge in [-0.1, -0.05) is 36.4 Å². The van der Waals surface area contributed by atoms with Gasteiger partial charge >= 0.3 is 5.97 Å². The van der Waals surface area contributed by atoms with Crippen LogP contribution in [0.15, 0.2) is 58.9 Å². The Hall–Kier alpha value is -2.09. The molecule has 1 heterocycles. The molecule has 0 bridgehead atoms. The molecule has 0 aromatic heterocycles. The third-order valence-corrected chi connectivity index (χ3v) is 3.11. The van der Waals surface area contributed by atoms with Gasteiger partial charge in [0, 0.05) is 17.6 Å². The summed E-state index contributed by atoms with van der Waals surface area (Å²) in [6.45, 7) is 1.82. The average Bonchev–Trinajstić information content (AvgIpc) is 2.82. The highest BCUT2D eigenvalue weighted by Gasteiger charge is 2.30. The molecule has 0 spiro atoms. The van der Waals surface area contributed by atoms with Crippen LogP contribution < -0.4 is 0 Å². The van der Waals surface area contributed by atoms with Crippen LogP contribution in [0, 0.1) is 0 Å². The summed E-state index contributed by atoms with van der Waals surface area (Å²) in [4.78, 5) is 11.3. The van der Waals surface area contributed by atoms with Crippen molar-refractivity contribution in [2.45, 2.75) is 13.3 Å². The molecule has 0 amide bonds. The fourth-order valence-corrected chi connectivity index (χ4v) is 2.16. The van der Waals surface area contributed by atoms with E-state index in [1.807, 2.05) is 31.2 Å². The first kappa shape index (κ1) is 10.1. The van der Waals surface area contributed by atoms with E-state index in [1.54, 1.807) is 0 Å². The minimum atomic E-state index is -0.204. The molecule has 2 heteroatoms. The molecule has 0 unspecified atom stereocenters. The van der Waals surface area contributed by atoms with Gasteiger partial charge in [0.1, 0.15) is 5.76 Å². The molecule has 1 aliphatic heterocycles. The normalized spacial score (nSPS) is 20.6. The van der Waals surface area contributed by atoms with Crippen molar-refractivity contribution < 1.29 is 9.53 Å². The van der Waals surface area contributed by atoms with E-state index in [1.165, 1.54) is 11.1 Å². The summed E-state index contributed by atoms with van der Waals surface area (Å²) < 4.78 is 5.17. The summed E-state index contributed by atoms with van der Waals surface area (Å²) in [5.74, 6) is 0.527. The van der Waals surface area contributed by atoms with E-state index in [-0.39, 0.29) is 5.97 Å². The Kier molecular flexibility index (Phi) is 2.22. The minimum absolute atomic E-state index is 0.204. The predicted octanol–water partition coefficient (Wildman–Crippen LogP) is 3.23. The molecule has 2 aliphatic rings. The largest absolute Gasteiger partial charge is 0.423 e. The topological polar surface area (TPSA) is 26.3 Å².